The van der Waals surface area contributed by atoms with Gasteiger partial charge in [0.1, 0.15) is 0 Å². The first-order valence-corrected chi connectivity index (χ1v) is 6.39. The second-order valence-electron chi connectivity index (χ2n) is 3.93. The maximum Gasteiger partial charge on any atom is 0.269 e. The normalized spacial score (nSPS) is 10.6. The Morgan fingerprint density at radius 1 is 1.20 bits per heavy atom. The first-order valence-electron chi connectivity index (χ1n) is 5.58. The summed E-state index contributed by atoms with van der Waals surface area (Å²) in [5, 5.41) is 15.1. The van der Waals surface area contributed by atoms with Crippen molar-refractivity contribution in [3.8, 4) is 22.2 Å². The van der Waals surface area contributed by atoms with Gasteiger partial charge in [-0.05, 0) is 24.3 Å². The molecule has 0 radical (unpaired) electrons. The number of nitro groups is 1. The van der Waals surface area contributed by atoms with Crippen LogP contribution in [0, 0.1) is 10.1 Å². The molecule has 7 nitrogen and oxygen atoms in total. The van der Waals surface area contributed by atoms with E-state index in [2.05, 4.69) is 10.1 Å². The summed E-state index contributed by atoms with van der Waals surface area (Å²) in [5.41, 5.74) is 6.31. The summed E-state index contributed by atoms with van der Waals surface area (Å²) in [6.45, 7) is 0. The van der Waals surface area contributed by atoms with E-state index in [1.54, 1.807) is 24.3 Å². The smallest absolute Gasteiger partial charge is 0.269 e. The van der Waals surface area contributed by atoms with Crippen molar-refractivity contribution in [1.29, 1.82) is 0 Å². The summed E-state index contributed by atoms with van der Waals surface area (Å²) in [4.78, 5) is 15.2. The predicted octanol–water partition coefficient (Wildman–Crippen LogP) is 2.96. The van der Waals surface area contributed by atoms with E-state index >= 15 is 0 Å². The van der Waals surface area contributed by atoms with E-state index in [1.807, 2.05) is 0 Å². The fraction of sp³-hybridized carbons (Fsp3) is 0. The Labute approximate surface area is 116 Å². The van der Waals surface area contributed by atoms with Gasteiger partial charge < -0.3 is 10.3 Å². The minimum Gasteiger partial charge on any atom is -0.391 e. The van der Waals surface area contributed by atoms with Crippen LogP contribution >= 0.6 is 11.3 Å². The van der Waals surface area contributed by atoms with Crippen LogP contribution in [0.15, 0.2) is 40.9 Å². The Kier molecular flexibility index (Phi) is 2.92. The van der Waals surface area contributed by atoms with Crippen molar-refractivity contribution in [2.45, 2.75) is 0 Å². The summed E-state index contributed by atoms with van der Waals surface area (Å²) in [5.74, 6) is 0.752. The number of hydrogen-bond acceptors (Lipinski definition) is 7. The van der Waals surface area contributed by atoms with Gasteiger partial charge in [0, 0.05) is 17.7 Å². The molecule has 0 unspecified atom stereocenters. The van der Waals surface area contributed by atoms with Crippen LogP contribution in [0.1, 0.15) is 0 Å². The Morgan fingerprint density at radius 2 is 1.95 bits per heavy atom. The Hall–Kier alpha value is -2.74. The van der Waals surface area contributed by atoms with Gasteiger partial charge in [-0.3, -0.25) is 10.1 Å². The number of rotatable bonds is 3. The molecule has 0 atom stereocenters. The van der Waals surface area contributed by atoms with Crippen molar-refractivity contribution in [2.75, 3.05) is 5.73 Å². The topological polar surface area (TPSA) is 108 Å². The van der Waals surface area contributed by atoms with Crippen LogP contribution in [0.2, 0.25) is 0 Å². The molecule has 8 heteroatoms. The number of thiophene rings is 1. The average Bonchev–Trinajstić information content (AvgIpc) is 3.07. The second kappa shape index (κ2) is 4.74. The fourth-order valence-electron chi connectivity index (χ4n) is 1.64. The summed E-state index contributed by atoms with van der Waals surface area (Å²) < 4.78 is 5.16. The van der Waals surface area contributed by atoms with Crippen LogP contribution in [-0.2, 0) is 0 Å². The van der Waals surface area contributed by atoms with Gasteiger partial charge in [0.25, 0.3) is 11.6 Å². The molecular formula is C12H8N4O3S. The Morgan fingerprint density at radius 3 is 2.55 bits per heavy atom. The molecule has 0 spiro atoms. The lowest BCUT2D eigenvalue weighted by Gasteiger charge is -1.93. The zero-order chi connectivity index (χ0) is 14.1. The molecule has 0 bridgehead atoms. The third-order valence-corrected chi connectivity index (χ3v) is 3.50. The van der Waals surface area contributed by atoms with Crippen LogP contribution < -0.4 is 5.73 Å². The highest BCUT2D eigenvalue weighted by Crippen LogP contribution is 2.30. The molecule has 0 aliphatic carbocycles. The zero-order valence-electron chi connectivity index (χ0n) is 10.0. The number of anilines is 1. The maximum absolute atomic E-state index is 10.6. The molecule has 0 saturated carbocycles. The maximum atomic E-state index is 10.6. The van der Waals surface area contributed by atoms with Gasteiger partial charge in [0.2, 0.25) is 5.82 Å². The molecule has 0 saturated heterocycles. The van der Waals surface area contributed by atoms with Crippen molar-refractivity contribution in [2.24, 2.45) is 0 Å². The van der Waals surface area contributed by atoms with E-state index in [-0.39, 0.29) is 5.69 Å². The zero-order valence-corrected chi connectivity index (χ0v) is 10.8. The fourth-order valence-corrected chi connectivity index (χ4v) is 2.34. The molecule has 100 valence electrons. The van der Waals surface area contributed by atoms with Gasteiger partial charge >= 0.3 is 0 Å². The van der Waals surface area contributed by atoms with Gasteiger partial charge in [0.15, 0.2) is 0 Å². The van der Waals surface area contributed by atoms with Crippen LogP contribution in [-0.4, -0.2) is 15.1 Å². The predicted molar refractivity (Wildman–Crippen MR) is 74.1 cm³/mol. The van der Waals surface area contributed by atoms with Crippen LogP contribution in [0.25, 0.3) is 22.2 Å². The third-order valence-electron chi connectivity index (χ3n) is 2.60. The molecule has 3 aromatic rings. The molecule has 1 aromatic carbocycles. The van der Waals surface area contributed by atoms with E-state index in [1.165, 1.54) is 23.5 Å². The van der Waals surface area contributed by atoms with Crippen LogP contribution in [0.3, 0.4) is 0 Å². The molecule has 3 rings (SSSR count). The largest absolute Gasteiger partial charge is 0.391 e. The highest BCUT2D eigenvalue weighted by Gasteiger charge is 2.13. The van der Waals surface area contributed by atoms with Crippen molar-refractivity contribution < 1.29 is 9.45 Å². The number of nitrogens with zero attached hydrogens (tertiary/aromatic N) is 3. The number of nitrogens with two attached hydrogens (primary N) is 1. The summed E-state index contributed by atoms with van der Waals surface area (Å²) in [6, 6.07) is 9.51. The number of benzene rings is 1. The molecule has 2 N–H and O–H groups in total. The minimum absolute atomic E-state index is 0.0171. The van der Waals surface area contributed by atoms with Crippen molar-refractivity contribution in [1.82, 2.24) is 10.1 Å². The lowest BCUT2D eigenvalue weighted by Crippen LogP contribution is -1.87. The summed E-state index contributed by atoms with van der Waals surface area (Å²) in [6.07, 6.45) is 0. The molecule has 0 fully saturated rings. The van der Waals surface area contributed by atoms with E-state index in [0.29, 0.717) is 22.3 Å². The third kappa shape index (κ3) is 2.24. The molecule has 2 heterocycles. The summed E-state index contributed by atoms with van der Waals surface area (Å²) in [7, 11) is 0. The minimum atomic E-state index is -0.458. The van der Waals surface area contributed by atoms with Gasteiger partial charge in [-0.2, -0.15) is 4.98 Å². The Bertz CT molecular complexity index is 763. The lowest BCUT2D eigenvalue weighted by atomic mass is 10.2. The standard InChI is InChI=1S/C12H8N4O3S/c13-10-6-5-9(20-10)12-14-11(15-19-12)7-1-3-8(4-2-7)16(17)18/h1-6H,13H2. The van der Waals surface area contributed by atoms with Crippen LogP contribution in [0.5, 0.6) is 0 Å². The van der Waals surface area contributed by atoms with Gasteiger partial charge in [-0.1, -0.05) is 5.16 Å². The first-order chi connectivity index (χ1) is 9.63. The van der Waals surface area contributed by atoms with Gasteiger partial charge in [-0.15, -0.1) is 11.3 Å². The van der Waals surface area contributed by atoms with Gasteiger partial charge in [-0.25, -0.2) is 0 Å². The first kappa shape index (κ1) is 12.3. The molecule has 0 amide bonds. The number of nitrogen functional groups attached to an aromatic ring is 1. The van der Waals surface area contributed by atoms with E-state index in [9.17, 15) is 10.1 Å². The SMILES string of the molecule is Nc1ccc(-c2nc(-c3ccc([N+](=O)[O-])cc3)no2)s1. The van der Waals surface area contributed by atoms with Crippen LogP contribution in [0.4, 0.5) is 10.7 Å². The van der Waals surface area contributed by atoms with E-state index < -0.39 is 4.92 Å². The number of nitro benzene ring substituents is 1. The quantitative estimate of drug-likeness (QED) is 0.586. The van der Waals surface area contributed by atoms with Gasteiger partial charge in [0.05, 0.1) is 14.8 Å². The van der Waals surface area contributed by atoms with E-state index in [0.717, 1.165) is 4.88 Å². The number of aromatic nitrogens is 2. The summed E-state index contributed by atoms with van der Waals surface area (Å²) >= 11 is 1.35. The van der Waals surface area contributed by atoms with Crippen molar-refractivity contribution in [3.05, 3.63) is 46.5 Å². The average molecular weight is 288 g/mol. The number of non-ortho nitro benzene ring substituents is 1. The molecule has 2 aromatic heterocycles. The van der Waals surface area contributed by atoms with E-state index in [4.69, 9.17) is 10.3 Å². The number of hydrogen-bond donors (Lipinski definition) is 1. The highest BCUT2D eigenvalue weighted by atomic mass is 32.1. The molecular weight excluding hydrogens is 280 g/mol. The monoisotopic (exact) mass is 288 g/mol. The molecule has 0 aliphatic rings. The van der Waals surface area contributed by atoms with Crippen molar-refractivity contribution >= 4 is 22.0 Å². The molecule has 20 heavy (non-hydrogen) atoms. The van der Waals surface area contributed by atoms with Crippen molar-refractivity contribution in [3.63, 3.8) is 0 Å². The second-order valence-corrected chi connectivity index (χ2v) is 5.04. The molecule has 0 aliphatic heterocycles. The Balaban J connectivity index is 1.91. The lowest BCUT2D eigenvalue weighted by molar-refractivity contribution is -0.384. The highest BCUT2D eigenvalue weighted by molar-refractivity contribution is 7.19.